The molecule has 2 rings (SSSR count). The van der Waals surface area contributed by atoms with Crippen molar-refractivity contribution in [2.24, 2.45) is 0 Å². The molecule has 0 radical (unpaired) electrons. The Kier molecular flexibility index (Phi) is 4.09. The van der Waals surface area contributed by atoms with E-state index in [4.69, 9.17) is 16.9 Å². The number of nitrogens with zero attached hydrogens (tertiary/aromatic N) is 2. The van der Waals surface area contributed by atoms with E-state index in [0.29, 0.717) is 10.6 Å². The predicted molar refractivity (Wildman–Crippen MR) is 79.5 cm³/mol. The molecule has 96 valence electrons. The van der Waals surface area contributed by atoms with Gasteiger partial charge in [0.25, 0.3) is 0 Å². The SMILES string of the molecule is Cc1ccc(CN(C)c2ccc(Cl)cc2C#N)cc1. The monoisotopic (exact) mass is 270 g/mol. The van der Waals surface area contributed by atoms with Crippen LogP contribution in [0.2, 0.25) is 5.02 Å². The van der Waals surface area contributed by atoms with Gasteiger partial charge in [0.05, 0.1) is 11.3 Å². The fraction of sp³-hybridized carbons (Fsp3) is 0.188. The van der Waals surface area contributed by atoms with Gasteiger partial charge in [0.15, 0.2) is 0 Å². The molecule has 0 aromatic heterocycles. The van der Waals surface area contributed by atoms with E-state index >= 15 is 0 Å². The second-order valence-corrected chi connectivity index (χ2v) is 5.05. The largest absolute Gasteiger partial charge is 0.369 e. The molecule has 0 aliphatic rings. The summed E-state index contributed by atoms with van der Waals surface area (Å²) in [4.78, 5) is 2.06. The maximum Gasteiger partial charge on any atom is 0.101 e. The number of halogens is 1. The van der Waals surface area contributed by atoms with Gasteiger partial charge in [0.2, 0.25) is 0 Å². The molecule has 2 aromatic rings. The van der Waals surface area contributed by atoms with Crippen LogP contribution >= 0.6 is 11.6 Å². The first kappa shape index (κ1) is 13.5. The lowest BCUT2D eigenvalue weighted by Gasteiger charge is -2.20. The number of anilines is 1. The molecule has 0 saturated heterocycles. The van der Waals surface area contributed by atoms with Gasteiger partial charge in [-0.2, -0.15) is 5.26 Å². The molecule has 0 saturated carbocycles. The Morgan fingerprint density at radius 2 is 1.84 bits per heavy atom. The van der Waals surface area contributed by atoms with Gasteiger partial charge in [-0.05, 0) is 30.7 Å². The van der Waals surface area contributed by atoms with Crippen LogP contribution in [0.4, 0.5) is 5.69 Å². The van der Waals surface area contributed by atoms with Gasteiger partial charge < -0.3 is 4.90 Å². The quantitative estimate of drug-likeness (QED) is 0.837. The van der Waals surface area contributed by atoms with E-state index in [1.165, 1.54) is 11.1 Å². The van der Waals surface area contributed by atoms with Crippen LogP contribution in [-0.2, 0) is 6.54 Å². The van der Waals surface area contributed by atoms with Gasteiger partial charge in [-0.3, -0.25) is 0 Å². The van der Waals surface area contributed by atoms with Crippen LogP contribution in [0.5, 0.6) is 0 Å². The van der Waals surface area contributed by atoms with Gasteiger partial charge in [0, 0.05) is 18.6 Å². The summed E-state index contributed by atoms with van der Waals surface area (Å²) < 4.78 is 0. The zero-order valence-electron chi connectivity index (χ0n) is 11.0. The normalized spacial score (nSPS) is 10.0. The summed E-state index contributed by atoms with van der Waals surface area (Å²) in [6.07, 6.45) is 0. The molecule has 0 bridgehead atoms. The fourth-order valence-corrected chi connectivity index (χ4v) is 2.16. The third-order valence-corrected chi connectivity index (χ3v) is 3.27. The third-order valence-electron chi connectivity index (χ3n) is 3.03. The summed E-state index contributed by atoms with van der Waals surface area (Å²) in [5.74, 6) is 0. The lowest BCUT2D eigenvalue weighted by atomic mass is 10.1. The Morgan fingerprint density at radius 1 is 1.16 bits per heavy atom. The van der Waals surface area contributed by atoms with Crippen LogP contribution in [-0.4, -0.2) is 7.05 Å². The smallest absolute Gasteiger partial charge is 0.101 e. The molecule has 0 spiro atoms. The first-order valence-corrected chi connectivity index (χ1v) is 6.44. The summed E-state index contributed by atoms with van der Waals surface area (Å²) in [5, 5.41) is 9.75. The predicted octanol–water partition coefficient (Wildman–Crippen LogP) is 4.16. The number of benzene rings is 2. The minimum atomic E-state index is 0.587. The molecule has 2 nitrogen and oxygen atoms in total. The minimum absolute atomic E-state index is 0.587. The average molecular weight is 271 g/mol. The van der Waals surface area contributed by atoms with Gasteiger partial charge in [-0.1, -0.05) is 41.4 Å². The van der Waals surface area contributed by atoms with E-state index in [0.717, 1.165) is 12.2 Å². The van der Waals surface area contributed by atoms with E-state index in [2.05, 4.69) is 42.2 Å². The zero-order valence-corrected chi connectivity index (χ0v) is 11.8. The fourth-order valence-electron chi connectivity index (χ4n) is 1.98. The number of rotatable bonds is 3. The van der Waals surface area contributed by atoms with Gasteiger partial charge in [-0.15, -0.1) is 0 Å². The number of nitriles is 1. The standard InChI is InChI=1S/C16H15ClN2/c1-12-3-5-13(6-4-12)11-19(2)16-8-7-15(17)9-14(16)10-18/h3-9H,11H2,1-2H3. The first-order chi connectivity index (χ1) is 9.10. The maximum atomic E-state index is 9.16. The number of aryl methyl sites for hydroxylation is 1. The maximum absolute atomic E-state index is 9.16. The second kappa shape index (κ2) is 5.77. The Bertz CT molecular complexity index is 612. The molecule has 2 aromatic carbocycles. The molecule has 0 aliphatic heterocycles. The Morgan fingerprint density at radius 3 is 2.47 bits per heavy atom. The highest BCUT2D eigenvalue weighted by Crippen LogP contribution is 2.24. The van der Waals surface area contributed by atoms with Crippen molar-refractivity contribution < 1.29 is 0 Å². The highest BCUT2D eigenvalue weighted by molar-refractivity contribution is 6.30. The van der Waals surface area contributed by atoms with E-state index in [1.807, 2.05) is 19.2 Å². The van der Waals surface area contributed by atoms with Crippen molar-refractivity contribution in [1.82, 2.24) is 0 Å². The van der Waals surface area contributed by atoms with Crippen molar-refractivity contribution >= 4 is 17.3 Å². The molecule has 3 heteroatoms. The van der Waals surface area contributed by atoms with Crippen molar-refractivity contribution in [3.05, 3.63) is 64.2 Å². The van der Waals surface area contributed by atoms with E-state index < -0.39 is 0 Å². The lowest BCUT2D eigenvalue weighted by Crippen LogP contribution is -2.17. The summed E-state index contributed by atoms with van der Waals surface area (Å²) in [6.45, 7) is 2.83. The van der Waals surface area contributed by atoms with Gasteiger partial charge >= 0.3 is 0 Å². The minimum Gasteiger partial charge on any atom is -0.369 e. The molecular weight excluding hydrogens is 256 g/mol. The van der Waals surface area contributed by atoms with Crippen LogP contribution in [0.1, 0.15) is 16.7 Å². The van der Waals surface area contributed by atoms with Crippen LogP contribution in [0.15, 0.2) is 42.5 Å². The molecule has 0 amide bonds. The highest BCUT2D eigenvalue weighted by atomic mass is 35.5. The zero-order chi connectivity index (χ0) is 13.8. The molecule has 0 unspecified atom stereocenters. The van der Waals surface area contributed by atoms with Crippen LogP contribution < -0.4 is 4.90 Å². The van der Waals surface area contributed by atoms with E-state index in [9.17, 15) is 0 Å². The molecule has 19 heavy (non-hydrogen) atoms. The summed E-state index contributed by atoms with van der Waals surface area (Å²) in [5.41, 5.74) is 3.96. The topological polar surface area (TPSA) is 27.0 Å². The summed E-state index contributed by atoms with van der Waals surface area (Å²) in [7, 11) is 1.98. The molecule has 0 N–H and O–H groups in total. The number of hydrogen-bond donors (Lipinski definition) is 0. The molecule has 0 atom stereocenters. The second-order valence-electron chi connectivity index (χ2n) is 4.61. The van der Waals surface area contributed by atoms with Crippen molar-refractivity contribution in [3.63, 3.8) is 0 Å². The van der Waals surface area contributed by atoms with Gasteiger partial charge in [-0.25, -0.2) is 0 Å². The van der Waals surface area contributed by atoms with E-state index in [1.54, 1.807) is 6.07 Å². The molecule has 0 aliphatic carbocycles. The molecule has 0 heterocycles. The average Bonchev–Trinajstić information content (AvgIpc) is 2.41. The van der Waals surface area contributed by atoms with Crippen LogP contribution in [0.3, 0.4) is 0 Å². The van der Waals surface area contributed by atoms with Crippen molar-refractivity contribution in [2.45, 2.75) is 13.5 Å². The van der Waals surface area contributed by atoms with E-state index in [-0.39, 0.29) is 0 Å². The van der Waals surface area contributed by atoms with Crippen molar-refractivity contribution in [2.75, 3.05) is 11.9 Å². The Labute approximate surface area is 118 Å². The first-order valence-electron chi connectivity index (χ1n) is 6.06. The van der Waals surface area contributed by atoms with Crippen molar-refractivity contribution in [3.8, 4) is 6.07 Å². The summed E-state index contributed by atoms with van der Waals surface area (Å²) in [6, 6.07) is 16.0. The van der Waals surface area contributed by atoms with Crippen LogP contribution in [0, 0.1) is 18.3 Å². The highest BCUT2D eigenvalue weighted by Gasteiger charge is 2.08. The summed E-state index contributed by atoms with van der Waals surface area (Å²) >= 11 is 5.91. The Balaban J connectivity index is 2.23. The van der Waals surface area contributed by atoms with Crippen molar-refractivity contribution in [1.29, 1.82) is 5.26 Å². The van der Waals surface area contributed by atoms with Crippen LogP contribution in [0.25, 0.3) is 0 Å². The third kappa shape index (κ3) is 3.27. The Hall–Kier alpha value is -1.98. The lowest BCUT2D eigenvalue weighted by molar-refractivity contribution is 0.920. The molecule has 0 fully saturated rings. The van der Waals surface area contributed by atoms with Gasteiger partial charge in [0.1, 0.15) is 6.07 Å². The number of hydrogen-bond acceptors (Lipinski definition) is 2. The molecular formula is C16H15ClN2.